The average molecular weight is 354 g/mol. The van der Waals surface area contributed by atoms with E-state index in [9.17, 15) is 9.59 Å². The van der Waals surface area contributed by atoms with Crippen molar-refractivity contribution in [3.63, 3.8) is 0 Å². The zero-order chi connectivity index (χ0) is 18.7. The third-order valence-corrected chi connectivity index (χ3v) is 4.83. The SMILES string of the molecule is COC(=O)C1(Cc2ccc(OC)cc2)CC(=O)OC1c1cccc(C)c1. The summed E-state index contributed by atoms with van der Waals surface area (Å²) in [6.45, 7) is 1.96. The van der Waals surface area contributed by atoms with Gasteiger partial charge in [0.25, 0.3) is 0 Å². The number of benzene rings is 2. The van der Waals surface area contributed by atoms with Crippen LogP contribution >= 0.6 is 0 Å². The zero-order valence-electron chi connectivity index (χ0n) is 15.2. The number of esters is 2. The van der Waals surface area contributed by atoms with Crippen molar-refractivity contribution >= 4 is 11.9 Å². The molecule has 0 spiro atoms. The first-order valence-electron chi connectivity index (χ1n) is 8.46. The predicted molar refractivity (Wildman–Crippen MR) is 95.8 cm³/mol. The Morgan fingerprint density at radius 3 is 2.54 bits per heavy atom. The van der Waals surface area contributed by atoms with Gasteiger partial charge in [-0.3, -0.25) is 9.59 Å². The highest BCUT2D eigenvalue weighted by atomic mass is 16.6. The molecule has 3 rings (SSSR count). The molecule has 0 amide bonds. The van der Waals surface area contributed by atoms with E-state index in [0.717, 1.165) is 22.4 Å². The van der Waals surface area contributed by atoms with Crippen molar-refractivity contribution in [3.05, 3.63) is 65.2 Å². The standard InChI is InChI=1S/C21H22O5/c1-14-5-4-6-16(11-14)19-21(20(23)25-3,13-18(22)26-19)12-15-7-9-17(24-2)10-8-15/h4-11,19H,12-13H2,1-3H3. The van der Waals surface area contributed by atoms with Crippen LogP contribution < -0.4 is 4.74 Å². The van der Waals surface area contributed by atoms with Gasteiger partial charge in [-0.1, -0.05) is 42.0 Å². The Balaban J connectivity index is 2.03. The second-order valence-corrected chi connectivity index (χ2v) is 6.63. The van der Waals surface area contributed by atoms with E-state index in [4.69, 9.17) is 14.2 Å². The number of hydrogen-bond donors (Lipinski definition) is 0. The molecule has 0 bridgehead atoms. The normalized spacial score (nSPS) is 22.0. The van der Waals surface area contributed by atoms with Gasteiger partial charge in [0.1, 0.15) is 17.3 Å². The smallest absolute Gasteiger partial charge is 0.316 e. The topological polar surface area (TPSA) is 61.8 Å². The molecule has 2 aromatic rings. The van der Waals surface area contributed by atoms with Crippen molar-refractivity contribution in [2.75, 3.05) is 14.2 Å². The van der Waals surface area contributed by atoms with Crippen molar-refractivity contribution in [2.45, 2.75) is 25.9 Å². The molecule has 1 aliphatic heterocycles. The molecule has 1 heterocycles. The third-order valence-electron chi connectivity index (χ3n) is 4.83. The van der Waals surface area contributed by atoms with Crippen molar-refractivity contribution in [1.29, 1.82) is 0 Å². The lowest BCUT2D eigenvalue weighted by atomic mass is 9.73. The lowest BCUT2D eigenvalue weighted by Crippen LogP contribution is -2.37. The van der Waals surface area contributed by atoms with Gasteiger partial charge < -0.3 is 14.2 Å². The molecule has 0 N–H and O–H groups in total. The van der Waals surface area contributed by atoms with E-state index in [1.54, 1.807) is 7.11 Å². The minimum Gasteiger partial charge on any atom is -0.497 e. The van der Waals surface area contributed by atoms with Gasteiger partial charge in [-0.15, -0.1) is 0 Å². The summed E-state index contributed by atoms with van der Waals surface area (Å²) in [6, 6.07) is 15.1. The highest BCUT2D eigenvalue weighted by molar-refractivity contribution is 5.88. The molecule has 2 unspecified atom stereocenters. The molecule has 136 valence electrons. The summed E-state index contributed by atoms with van der Waals surface area (Å²) >= 11 is 0. The molecular weight excluding hydrogens is 332 g/mol. The van der Waals surface area contributed by atoms with Crippen LogP contribution in [0.3, 0.4) is 0 Å². The first kappa shape index (κ1) is 18.0. The van der Waals surface area contributed by atoms with E-state index in [0.29, 0.717) is 6.42 Å². The summed E-state index contributed by atoms with van der Waals surface area (Å²) in [5.41, 5.74) is 1.66. The Kier molecular flexibility index (Phi) is 4.98. The van der Waals surface area contributed by atoms with E-state index in [2.05, 4.69) is 0 Å². The van der Waals surface area contributed by atoms with Gasteiger partial charge in [0.2, 0.25) is 0 Å². The van der Waals surface area contributed by atoms with Crippen LogP contribution in [0.4, 0.5) is 0 Å². The third kappa shape index (κ3) is 3.29. The maximum Gasteiger partial charge on any atom is 0.316 e. The highest BCUT2D eigenvalue weighted by Gasteiger charge is 2.56. The lowest BCUT2D eigenvalue weighted by Gasteiger charge is -2.30. The Hall–Kier alpha value is -2.82. The first-order valence-corrected chi connectivity index (χ1v) is 8.46. The molecule has 0 saturated carbocycles. The van der Waals surface area contributed by atoms with Crippen LogP contribution in [0.5, 0.6) is 5.75 Å². The van der Waals surface area contributed by atoms with Crippen molar-refractivity contribution in [2.24, 2.45) is 5.41 Å². The number of aryl methyl sites for hydroxylation is 1. The zero-order valence-corrected chi connectivity index (χ0v) is 15.2. The molecule has 26 heavy (non-hydrogen) atoms. The number of ether oxygens (including phenoxy) is 3. The molecule has 0 aliphatic carbocycles. The molecule has 1 saturated heterocycles. The Labute approximate surface area is 152 Å². The molecule has 2 aromatic carbocycles. The summed E-state index contributed by atoms with van der Waals surface area (Å²) < 4.78 is 15.9. The molecule has 5 heteroatoms. The fourth-order valence-electron chi connectivity index (χ4n) is 3.57. The van der Waals surface area contributed by atoms with Crippen LogP contribution in [0.1, 0.15) is 29.2 Å². The van der Waals surface area contributed by atoms with Crippen LogP contribution in [0, 0.1) is 12.3 Å². The number of carbonyl (C=O) groups excluding carboxylic acids is 2. The summed E-state index contributed by atoms with van der Waals surface area (Å²) in [6.07, 6.45) is -0.345. The largest absolute Gasteiger partial charge is 0.497 e. The van der Waals surface area contributed by atoms with Crippen LogP contribution in [0.15, 0.2) is 48.5 Å². The summed E-state index contributed by atoms with van der Waals surface area (Å²) in [7, 11) is 2.94. The van der Waals surface area contributed by atoms with Gasteiger partial charge in [-0.25, -0.2) is 0 Å². The maximum atomic E-state index is 12.8. The number of methoxy groups -OCH3 is 2. The van der Waals surface area contributed by atoms with Gasteiger partial charge in [-0.2, -0.15) is 0 Å². The van der Waals surface area contributed by atoms with Gasteiger partial charge in [-0.05, 0) is 36.6 Å². The Morgan fingerprint density at radius 1 is 1.19 bits per heavy atom. The summed E-state index contributed by atoms with van der Waals surface area (Å²) in [5, 5.41) is 0. The molecule has 0 aromatic heterocycles. The highest BCUT2D eigenvalue weighted by Crippen LogP contribution is 2.49. The van der Waals surface area contributed by atoms with Gasteiger partial charge in [0, 0.05) is 0 Å². The Morgan fingerprint density at radius 2 is 1.92 bits per heavy atom. The fraction of sp³-hybridized carbons (Fsp3) is 0.333. The van der Waals surface area contributed by atoms with Crippen molar-refractivity contribution in [1.82, 2.24) is 0 Å². The van der Waals surface area contributed by atoms with Crippen molar-refractivity contribution < 1.29 is 23.8 Å². The average Bonchev–Trinajstić information content (AvgIpc) is 2.99. The van der Waals surface area contributed by atoms with Gasteiger partial charge >= 0.3 is 11.9 Å². The molecule has 2 atom stereocenters. The summed E-state index contributed by atoms with van der Waals surface area (Å²) in [5.74, 6) is -0.101. The van der Waals surface area contributed by atoms with Gasteiger partial charge in [0.05, 0.1) is 20.6 Å². The second kappa shape index (κ2) is 7.20. The molecule has 1 fully saturated rings. The van der Waals surface area contributed by atoms with Crippen LogP contribution in [-0.2, 0) is 25.5 Å². The predicted octanol–water partition coefficient (Wildman–Crippen LogP) is 3.39. The maximum absolute atomic E-state index is 12.8. The fourth-order valence-corrected chi connectivity index (χ4v) is 3.57. The van der Waals surface area contributed by atoms with Crippen molar-refractivity contribution in [3.8, 4) is 5.75 Å². The molecular formula is C21H22O5. The lowest BCUT2D eigenvalue weighted by molar-refractivity contribution is -0.157. The minimum atomic E-state index is -1.09. The van der Waals surface area contributed by atoms with Gasteiger partial charge in [0.15, 0.2) is 0 Å². The second-order valence-electron chi connectivity index (χ2n) is 6.63. The number of hydrogen-bond acceptors (Lipinski definition) is 5. The van der Waals surface area contributed by atoms with Crippen LogP contribution in [0.25, 0.3) is 0 Å². The van der Waals surface area contributed by atoms with E-state index in [1.807, 2.05) is 55.5 Å². The molecule has 0 radical (unpaired) electrons. The summed E-state index contributed by atoms with van der Waals surface area (Å²) in [4.78, 5) is 25.0. The monoisotopic (exact) mass is 354 g/mol. The number of rotatable bonds is 5. The molecule has 5 nitrogen and oxygen atoms in total. The minimum absolute atomic E-state index is 0.00961. The Bertz CT molecular complexity index is 811. The van der Waals surface area contributed by atoms with E-state index < -0.39 is 23.5 Å². The number of cyclic esters (lactones) is 1. The van der Waals surface area contributed by atoms with Crippen LogP contribution in [0.2, 0.25) is 0 Å². The number of carbonyl (C=O) groups is 2. The first-order chi connectivity index (χ1) is 12.5. The molecule has 1 aliphatic rings. The van der Waals surface area contributed by atoms with E-state index >= 15 is 0 Å². The van der Waals surface area contributed by atoms with E-state index in [1.165, 1.54) is 7.11 Å². The van der Waals surface area contributed by atoms with Crippen LogP contribution in [-0.4, -0.2) is 26.2 Å². The quantitative estimate of drug-likeness (QED) is 0.770. The van der Waals surface area contributed by atoms with E-state index in [-0.39, 0.29) is 6.42 Å².